The third kappa shape index (κ3) is 5.04. The van der Waals surface area contributed by atoms with Gasteiger partial charge in [-0.2, -0.15) is 0 Å². The molecule has 27 heavy (non-hydrogen) atoms. The first-order chi connectivity index (χ1) is 13.1. The number of rotatable bonds is 6. The number of thioether (sulfide) groups is 1. The Kier molecular flexibility index (Phi) is 6.40. The summed E-state index contributed by atoms with van der Waals surface area (Å²) in [5, 5.41) is 2.86. The number of hydrogen-bond acceptors (Lipinski definition) is 4. The van der Waals surface area contributed by atoms with E-state index in [0.29, 0.717) is 22.9 Å². The summed E-state index contributed by atoms with van der Waals surface area (Å²) in [4.78, 5) is 27.9. The summed E-state index contributed by atoms with van der Waals surface area (Å²) in [5.41, 5.74) is 1.36. The predicted molar refractivity (Wildman–Crippen MR) is 108 cm³/mol. The van der Waals surface area contributed by atoms with Crippen molar-refractivity contribution in [3.8, 4) is 5.75 Å². The molecule has 0 spiro atoms. The molecule has 0 saturated carbocycles. The van der Waals surface area contributed by atoms with Crippen molar-refractivity contribution in [2.24, 2.45) is 5.92 Å². The van der Waals surface area contributed by atoms with Gasteiger partial charge in [-0.15, -0.1) is 11.8 Å². The van der Waals surface area contributed by atoms with Crippen LogP contribution in [0, 0.1) is 5.92 Å². The molecule has 0 aromatic heterocycles. The molecule has 1 fully saturated rings. The molecule has 1 saturated heterocycles. The van der Waals surface area contributed by atoms with Crippen LogP contribution in [0.3, 0.4) is 0 Å². The lowest BCUT2D eigenvalue weighted by atomic mass is 10.2. The molecule has 1 aliphatic heterocycles. The van der Waals surface area contributed by atoms with Crippen LogP contribution in [0.1, 0.15) is 23.7 Å². The number of likely N-dealkylation sites (tertiary alicyclic amines) is 1. The zero-order valence-corrected chi connectivity index (χ0v) is 16.4. The Balaban J connectivity index is 1.62. The Labute approximate surface area is 164 Å². The number of ether oxygens (including phenoxy) is 1. The fraction of sp³-hybridized carbons (Fsp3) is 0.333. The number of nitrogens with one attached hydrogen (secondary N) is 1. The topological polar surface area (TPSA) is 58.6 Å². The van der Waals surface area contributed by atoms with Crippen molar-refractivity contribution in [1.29, 1.82) is 0 Å². The average molecular weight is 385 g/mol. The maximum Gasteiger partial charge on any atom is 0.254 e. The van der Waals surface area contributed by atoms with Crippen LogP contribution in [0.5, 0.6) is 5.75 Å². The van der Waals surface area contributed by atoms with Gasteiger partial charge >= 0.3 is 0 Å². The highest BCUT2D eigenvalue weighted by Crippen LogP contribution is 2.26. The number of carbonyl (C=O) groups excluding carboxylic acids is 2. The first kappa shape index (κ1) is 19.3. The zero-order valence-electron chi connectivity index (χ0n) is 15.6. The van der Waals surface area contributed by atoms with Crippen molar-refractivity contribution in [2.45, 2.75) is 18.2 Å². The lowest BCUT2D eigenvalue weighted by Gasteiger charge is -2.18. The van der Waals surface area contributed by atoms with Crippen molar-refractivity contribution in [2.75, 3.05) is 31.3 Å². The van der Waals surface area contributed by atoms with Gasteiger partial charge in [-0.3, -0.25) is 9.59 Å². The molecule has 0 bridgehead atoms. The van der Waals surface area contributed by atoms with Gasteiger partial charge in [-0.1, -0.05) is 25.1 Å². The Morgan fingerprint density at radius 2 is 2.04 bits per heavy atom. The monoisotopic (exact) mass is 384 g/mol. The zero-order chi connectivity index (χ0) is 19.2. The first-order valence-corrected chi connectivity index (χ1v) is 10.0. The molecule has 0 aliphatic carbocycles. The lowest BCUT2D eigenvalue weighted by molar-refractivity contribution is -0.113. The van der Waals surface area contributed by atoms with Gasteiger partial charge in [-0.05, 0) is 36.6 Å². The third-order valence-electron chi connectivity index (χ3n) is 4.54. The van der Waals surface area contributed by atoms with E-state index in [1.165, 1.54) is 11.8 Å². The second kappa shape index (κ2) is 8.95. The van der Waals surface area contributed by atoms with Crippen LogP contribution >= 0.6 is 11.8 Å². The summed E-state index contributed by atoms with van der Waals surface area (Å²) in [5.74, 6) is 1.40. The Morgan fingerprint density at radius 1 is 1.22 bits per heavy atom. The van der Waals surface area contributed by atoms with Crippen LogP contribution in [-0.4, -0.2) is 42.7 Å². The number of benzene rings is 2. The molecule has 2 amide bonds. The molecule has 5 nitrogen and oxygen atoms in total. The number of methoxy groups -OCH3 is 1. The molecule has 3 rings (SSSR count). The van der Waals surface area contributed by atoms with Gasteiger partial charge in [0.25, 0.3) is 5.91 Å². The van der Waals surface area contributed by atoms with E-state index in [2.05, 4.69) is 12.2 Å². The molecule has 0 radical (unpaired) electrons. The van der Waals surface area contributed by atoms with E-state index < -0.39 is 0 Å². The van der Waals surface area contributed by atoms with Gasteiger partial charge < -0.3 is 15.0 Å². The van der Waals surface area contributed by atoms with E-state index in [9.17, 15) is 9.59 Å². The standard InChI is InChI=1S/C21H24N2O3S/c1-15-10-11-23(13-15)21(25)18-8-3-4-9-19(18)27-14-20(24)22-16-6-5-7-17(12-16)26-2/h3-9,12,15H,10-11,13-14H2,1-2H3,(H,22,24). The van der Waals surface area contributed by atoms with Crippen molar-refractivity contribution in [3.05, 3.63) is 54.1 Å². The molecule has 1 aliphatic rings. The van der Waals surface area contributed by atoms with Crippen molar-refractivity contribution in [3.63, 3.8) is 0 Å². The smallest absolute Gasteiger partial charge is 0.254 e. The van der Waals surface area contributed by atoms with E-state index in [-0.39, 0.29) is 17.6 Å². The van der Waals surface area contributed by atoms with Crippen LogP contribution in [-0.2, 0) is 4.79 Å². The minimum absolute atomic E-state index is 0.0515. The quantitative estimate of drug-likeness (QED) is 0.767. The summed E-state index contributed by atoms with van der Waals surface area (Å²) in [6, 6.07) is 14.7. The van der Waals surface area contributed by atoms with Crippen LogP contribution in [0.4, 0.5) is 5.69 Å². The SMILES string of the molecule is COc1cccc(NC(=O)CSc2ccccc2C(=O)N2CCC(C)C2)c1. The minimum Gasteiger partial charge on any atom is -0.497 e. The number of anilines is 1. The highest BCUT2D eigenvalue weighted by molar-refractivity contribution is 8.00. The summed E-state index contributed by atoms with van der Waals surface area (Å²) in [6.07, 6.45) is 1.05. The summed E-state index contributed by atoms with van der Waals surface area (Å²) < 4.78 is 5.17. The van der Waals surface area contributed by atoms with Crippen LogP contribution in [0.15, 0.2) is 53.4 Å². The van der Waals surface area contributed by atoms with E-state index in [1.54, 1.807) is 13.2 Å². The first-order valence-electron chi connectivity index (χ1n) is 9.02. The molecular weight excluding hydrogens is 360 g/mol. The average Bonchev–Trinajstić information content (AvgIpc) is 3.12. The van der Waals surface area contributed by atoms with Gasteiger partial charge in [-0.25, -0.2) is 0 Å². The maximum absolute atomic E-state index is 12.8. The van der Waals surface area contributed by atoms with Crippen LogP contribution in [0.25, 0.3) is 0 Å². The number of amides is 2. The van der Waals surface area contributed by atoms with Crippen molar-refractivity contribution >= 4 is 29.3 Å². The normalized spacial score (nSPS) is 16.2. The second-order valence-corrected chi connectivity index (χ2v) is 7.73. The molecule has 142 valence electrons. The summed E-state index contributed by atoms with van der Waals surface area (Å²) in [6.45, 7) is 3.76. The molecule has 1 heterocycles. The number of hydrogen-bond donors (Lipinski definition) is 1. The van der Waals surface area contributed by atoms with E-state index in [1.807, 2.05) is 47.4 Å². The Bertz CT molecular complexity index is 825. The maximum atomic E-state index is 12.8. The van der Waals surface area contributed by atoms with Gasteiger partial charge in [0, 0.05) is 29.7 Å². The fourth-order valence-corrected chi connectivity index (χ4v) is 3.94. The molecule has 6 heteroatoms. The van der Waals surface area contributed by atoms with Gasteiger partial charge in [0.15, 0.2) is 0 Å². The highest BCUT2D eigenvalue weighted by Gasteiger charge is 2.25. The molecule has 2 aromatic rings. The Morgan fingerprint density at radius 3 is 2.78 bits per heavy atom. The molecular formula is C21H24N2O3S. The largest absolute Gasteiger partial charge is 0.497 e. The van der Waals surface area contributed by atoms with E-state index in [0.717, 1.165) is 24.4 Å². The Hall–Kier alpha value is -2.47. The predicted octanol–water partition coefficient (Wildman–Crippen LogP) is 3.91. The van der Waals surface area contributed by atoms with Gasteiger partial charge in [0.2, 0.25) is 5.91 Å². The van der Waals surface area contributed by atoms with Crippen LogP contribution in [0.2, 0.25) is 0 Å². The van der Waals surface area contributed by atoms with E-state index in [4.69, 9.17) is 4.74 Å². The third-order valence-corrected chi connectivity index (χ3v) is 5.61. The van der Waals surface area contributed by atoms with Crippen LogP contribution < -0.4 is 10.1 Å². The van der Waals surface area contributed by atoms with Crippen molar-refractivity contribution in [1.82, 2.24) is 4.90 Å². The number of nitrogens with zero attached hydrogens (tertiary/aromatic N) is 1. The summed E-state index contributed by atoms with van der Waals surface area (Å²) in [7, 11) is 1.59. The molecule has 2 aromatic carbocycles. The fourth-order valence-electron chi connectivity index (χ4n) is 3.10. The highest BCUT2D eigenvalue weighted by atomic mass is 32.2. The van der Waals surface area contributed by atoms with Gasteiger partial charge in [0.1, 0.15) is 5.75 Å². The molecule has 1 unspecified atom stereocenters. The minimum atomic E-state index is -0.120. The number of carbonyl (C=O) groups is 2. The lowest BCUT2D eigenvalue weighted by Crippen LogP contribution is -2.29. The summed E-state index contributed by atoms with van der Waals surface area (Å²) >= 11 is 1.38. The van der Waals surface area contributed by atoms with E-state index >= 15 is 0 Å². The molecule has 1 atom stereocenters. The second-order valence-electron chi connectivity index (χ2n) is 6.71. The van der Waals surface area contributed by atoms with Crippen molar-refractivity contribution < 1.29 is 14.3 Å². The van der Waals surface area contributed by atoms with Gasteiger partial charge in [0.05, 0.1) is 18.4 Å². The molecule has 1 N–H and O–H groups in total.